The second kappa shape index (κ2) is 13.1. The fourth-order valence-electron chi connectivity index (χ4n) is 4.30. The zero-order valence-corrected chi connectivity index (χ0v) is 23.8. The maximum atomic E-state index is 13.1. The van der Waals surface area contributed by atoms with Gasteiger partial charge < -0.3 is 15.5 Å². The van der Waals surface area contributed by atoms with Gasteiger partial charge in [0.05, 0.1) is 5.75 Å². The number of nitrogens with one attached hydrogen (secondary N) is 3. The van der Waals surface area contributed by atoms with Gasteiger partial charge in [-0.05, 0) is 34.4 Å². The lowest BCUT2D eigenvalue weighted by atomic mass is 9.99. The molecule has 2 aliphatic heterocycles. The number of β-lactam (4-membered cyclic amide) rings is 1. The van der Waals surface area contributed by atoms with E-state index < -0.39 is 50.6 Å². The molecule has 0 radical (unpaired) electrons. The first-order valence-corrected chi connectivity index (χ1v) is 16.0. The molecule has 1 fully saturated rings. The number of thioether (sulfide) groups is 2. The van der Waals surface area contributed by atoms with E-state index in [9.17, 15) is 33.0 Å². The van der Waals surface area contributed by atoms with Crippen molar-refractivity contribution in [2.24, 2.45) is 0 Å². The minimum Gasteiger partial charge on any atom is -0.477 e. The zero-order valence-electron chi connectivity index (χ0n) is 21.4. The average molecular weight is 612 g/mol. The van der Waals surface area contributed by atoms with Gasteiger partial charge in [0.25, 0.3) is 11.8 Å². The van der Waals surface area contributed by atoms with E-state index in [1.54, 1.807) is 30.3 Å². The van der Waals surface area contributed by atoms with Crippen LogP contribution in [0.2, 0.25) is 0 Å². The number of hydrogen-bond acceptors (Lipinski definition) is 11. The smallest absolute Gasteiger partial charge is 0.352 e. The highest BCUT2D eigenvalue weighted by Crippen LogP contribution is 2.44. The fourth-order valence-corrected chi connectivity index (χ4v) is 8.09. The SMILES string of the molecule is CCCCS(=O)(=O)NCCC(Sc1nnn[nH]1)C1=C(C(=O)O)N2C(=O)[C@@H](NC(=O)C(O)c3ccccc3)[C@@H]2SC1. The molecule has 5 N–H and O–H groups in total. The topological polar surface area (TPSA) is 208 Å². The lowest BCUT2D eigenvalue weighted by molar-refractivity contribution is -0.151. The Balaban J connectivity index is 1.52. The number of tetrazole rings is 1. The van der Waals surface area contributed by atoms with Crippen molar-refractivity contribution in [3.05, 3.63) is 47.2 Å². The number of aliphatic carboxylic acids is 1. The number of unbranched alkanes of at least 4 members (excludes halogenated alkanes) is 1. The van der Waals surface area contributed by atoms with E-state index in [2.05, 4.69) is 30.7 Å². The minimum atomic E-state index is -3.50. The summed E-state index contributed by atoms with van der Waals surface area (Å²) in [6.45, 7) is 1.93. The third-order valence-corrected chi connectivity index (χ3v) is 10.3. The van der Waals surface area contributed by atoms with Gasteiger partial charge in [-0.2, -0.15) is 0 Å². The van der Waals surface area contributed by atoms with Crippen LogP contribution in [-0.4, -0.2) is 96.7 Å². The maximum Gasteiger partial charge on any atom is 0.352 e. The molecule has 2 unspecified atom stereocenters. The van der Waals surface area contributed by atoms with E-state index in [0.29, 0.717) is 22.7 Å². The predicted octanol–water partition coefficient (Wildman–Crippen LogP) is 0.242. The Hall–Kier alpha value is -2.99. The van der Waals surface area contributed by atoms with Gasteiger partial charge in [0.2, 0.25) is 15.2 Å². The number of carbonyl (C=O) groups is 3. The molecule has 0 saturated carbocycles. The molecule has 1 saturated heterocycles. The first-order valence-electron chi connectivity index (χ1n) is 12.4. The summed E-state index contributed by atoms with van der Waals surface area (Å²) in [5.41, 5.74) is 0.549. The van der Waals surface area contributed by atoms with Gasteiger partial charge >= 0.3 is 5.97 Å². The van der Waals surface area contributed by atoms with Gasteiger partial charge in [0.1, 0.15) is 17.1 Å². The number of carboxylic acids is 1. The van der Waals surface area contributed by atoms with E-state index in [0.717, 1.165) is 23.1 Å². The standard InChI is InChI=1S/C23H29N7O7S3/c1-2-3-11-40(36,37)24-10-9-15(39-23-26-28-29-27-23)14-12-38-21-16(20(33)30(21)17(14)22(34)35)25-19(32)18(31)13-7-5-4-6-8-13/h4-8,15-16,18,21,24,31H,2-3,9-12H2,1H3,(H,25,32)(H,34,35)(H,26,27,28,29)/t15?,16-,18?,21+/m1/s1. The Kier molecular flexibility index (Phi) is 9.83. The lowest BCUT2D eigenvalue weighted by Crippen LogP contribution is -2.71. The average Bonchev–Trinajstić information content (AvgIpc) is 3.46. The van der Waals surface area contributed by atoms with Crippen LogP contribution in [0, 0.1) is 0 Å². The summed E-state index contributed by atoms with van der Waals surface area (Å²) in [5, 5.41) is 35.6. The van der Waals surface area contributed by atoms with Crippen LogP contribution in [0.4, 0.5) is 0 Å². The van der Waals surface area contributed by atoms with Crippen molar-refractivity contribution in [3.63, 3.8) is 0 Å². The van der Waals surface area contributed by atoms with Crippen LogP contribution in [-0.2, 0) is 24.4 Å². The van der Waals surface area contributed by atoms with Gasteiger partial charge in [0.15, 0.2) is 6.10 Å². The first-order chi connectivity index (χ1) is 19.1. The Morgan fingerprint density at radius 3 is 2.70 bits per heavy atom. The van der Waals surface area contributed by atoms with Crippen LogP contribution in [0.25, 0.3) is 0 Å². The maximum absolute atomic E-state index is 13.1. The second-order valence-electron chi connectivity index (χ2n) is 9.06. The monoisotopic (exact) mass is 611 g/mol. The molecule has 4 rings (SSSR count). The van der Waals surface area contributed by atoms with Gasteiger partial charge in [-0.3, -0.25) is 14.5 Å². The number of aliphatic hydroxyl groups is 1. The van der Waals surface area contributed by atoms with Crippen molar-refractivity contribution in [1.82, 2.24) is 35.6 Å². The summed E-state index contributed by atoms with van der Waals surface area (Å²) < 4.78 is 27.1. The highest BCUT2D eigenvalue weighted by molar-refractivity contribution is 8.01. The number of nitrogens with zero attached hydrogens (tertiary/aromatic N) is 4. The molecule has 0 bridgehead atoms. The molecule has 0 aliphatic carbocycles. The number of fused-ring (bicyclic) bond motifs is 1. The number of sulfonamides is 1. The molecule has 2 aliphatic rings. The number of aliphatic hydroxyl groups excluding tert-OH is 1. The van der Waals surface area contributed by atoms with Gasteiger partial charge in [0, 0.05) is 17.5 Å². The normalized spacial score (nSPS) is 20.4. The molecular weight excluding hydrogens is 582 g/mol. The van der Waals surface area contributed by atoms with Gasteiger partial charge in [-0.1, -0.05) is 55.4 Å². The Morgan fingerprint density at radius 2 is 2.05 bits per heavy atom. The molecule has 216 valence electrons. The molecule has 40 heavy (non-hydrogen) atoms. The van der Waals surface area contributed by atoms with Crippen molar-refractivity contribution in [3.8, 4) is 0 Å². The number of carbonyl (C=O) groups excluding carboxylic acids is 2. The summed E-state index contributed by atoms with van der Waals surface area (Å²) in [7, 11) is -3.50. The molecule has 2 aromatic rings. The lowest BCUT2D eigenvalue weighted by Gasteiger charge is -2.50. The number of amides is 2. The van der Waals surface area contributed by atoms with Crippen molar-refractivity contribution < 1.29 is 33.0 Å². The summed E-state index contributed by atoms with van der Waals surface area (Å²) in [6, 6.07) is 7.23. The van der Waals surface area contributed by atoms with Crippen LogP contribution in [0.3, 0.4) is 0 Å². The number of benzene rings is 1. The Bertz CT molecular complexity index is 1360. The highest BCUT2D eigenvalue weighted by Gasteiger charge is 2.55. The van der Waals surface area contributed by atoms with Crippen molar-refractivity contribution in [2.75, 3.05) is 18.1 Å². The van der Waals surface area contributed by atoms with Crippen molar-refractivity contribution >= 4 is 51.3 Å². The molecule has 14 nitrogen and oxygen atoms in total. The minimum absolute atomic E-state index is 0.0116. The number of aromatic nitrogens is 4. The predicted molar refractivity (Wildman–Crippen MR) is 146 cm³/mol. The van der Waals surface area contributed by atoms with Crippen LogP contribution >= 0.6 is 23.5 Å². The van der Waals surface area contributed by atoms with Crippen LogP contribution in [0.1, 0.15) is 37.9 Å². The van der Waals surface area contributed by atoms with Crippen LogP contribution in [0.15, 0.2) is 46.8 Å². The molecule has 3 heterocycles. The van der Waals surface area contributed by atoms with E-state index in [1.165, 1.54) is 11.8 Å². The Morgan fingerprint density at radius 1 is 1.30 bits per heavy atom. The molecule has 0 spiro atoms. The van der Waals surface area contributed by atoms with E-state index in [1.807, 2.05) is 6.92 Å². The summed E-state index contributed by atoms with van der Waals surface area (Å²) in [4.78, 5) is 39.3. The third kappa shape index (κ3) is 6.83. The summed E-state index contributed by atoms with van der Waals surface area (Å²) >= 11 is 2.40. The zero-order chi connectivity index (χ0) is 28.9. The first kappa shape index (κ1) is 30.0. The number of aromatic amines is 1. The molecular formula is C23H29N7O7S3. The molecule has 2 amide bonds. The van der Waals surface area contributed by atoms with Crippen molar-refractivity contribution in [2.45, 2.75) is 54.1 Å². The third-order valence-electron chi connectivity index (χ3n) is 6.33. The van der Waals surface area contributed by atoms with E-state index >= 15 is 0 Å². The van der Waals surface area contributed by atoms with Crippen LogP contribution in [0.5, 0.6) is 0 Å². The van der Waals surface area contributed by atoms with E-state index in [-0.39, 0.29) is 30.2 Å². The number of rotatable bonds is 14. The molecule has 1 aromatic heterocycles. The Labute approximate surface area is 238 Å². The molecule has 17 heteroatoms. The molecule has 4 atom stereocenters. The fraction of sp³-hybridized carbons (Fsp3) is 0.478. The van der Waals surface area contributed by atoms with Crippen LogP contribution < -0.4 is 10.0 Å². The van der Waals surface area contributed by atoms with Gasteiger partial charge in [-0.25, -0.2) is 23.0 Å². The quantitative estimate of drug-likeness (QED) is 0.144. The number of H-pyrrole nitrogens is 1. The largest absolute Gasteiger partial charge is 0.477 e. The molecule has 1 aromatic carbocycles. The summed E-state index contributed by atoms with van der Waals surface area (Å²) in [6.07, 6.45) is -0.0406. The number of hydrogen-bond donors (Lipinski definition) is 5. The summed E-state index contributed by atoms with van der Waals surface area (Å²) in [5.74, 6) is -2.52. The second-order valence-corrected chi connectivity index (χ2v) is 13.3. The number of carboxylic acid groups (broad SMARTS) is 1. The van der Waals surface area contributed by atoms with Gasteiger partial charge in [-0.15, -0.1) is 16.9 Å². The van der Waals surface area contributed by atoms with E-state index in [4.69, 9.17) is 0 Å². The highest BCUT2D eigenvalue weighted by atomic mass is 32.2. The van der Waals surface area contributed by atoms with Crippen molar-refractivity contribution in [1.29, 1.82) is 0 Å².